The Hall–Kier alpha value is -1.45. The van der Waals surface area contributed by atoms with E-state index in [1.165, 1.54) is 10.5 Å². The van der Waals surface area contributed by atoms with Gasteiger partial charge in [0.15, 0.2) is 0 Å². The van der Waals surface area contributed by atoms with Gasteiger partial charge in [0.25, 0.3) is 0 Å². The average Bonchev–Trinajstić information content (AvgIpc) is 2.35. The lowest BCUT2D eigenvalue weighted by Gasteiger charge is -2.06. The number of ether oxygens (including phenoxy) is 1. The number of nitrogens with one attached hydrogen (secondary N) is 1. The number of rotatable bonds is 4. The van der Waals surface area contributed by atoms with Gasteiger partial charge in [-0.15, -0.1) is 0 Å². The van der Waals surface area contributed by atoms with Gasteiger partial charge in [-0.3, -0.25) is 4.72 Å². The Bertz CT molecular complexity index is 465. The smallest absolute Gasteiger partial charge is 0.127 e. The third kappa shape index (κ3) is 3.51. The summed E-state index contributed by atoms with van der Waals surface area (Å²) >= 11 is 1.59. The minimum Gasteiger partial charge on any atom is -0.457 e. The Balaban J connectivity index is 2.05. The minimum absolute atomic E-state index is 0.856. The zero-order valence-corrected chi connectivity index (χ0v) is 10.8. The van der Waals surface area contributed by atoms with Crippen LogP contribution in [0.1, 0.15) is 5.56 Å². The highest BCUT2D eigenvalue weighted by atomic mass is 32.2. The Morgan fingerprint density at radius 1 is 0.882 bits per heavy atom. The fraction of sp³-hybridized carbons (Fsp3) is 0.143. The number of benzene rings is 2. The van der Waals surface area contributed by atoms with E-state index in [0.29, 0.717) is 0 Å². The van der Waals surface area contributed by atoms with E-state index < -0.39 is 0 Å². The summed E-state index contributed by atoms with van der Waals surface area (Å²) < 4.78 is 8.77. The SMILES string of the molecule is CNSc1ccc(Oc2ccc(C)cc2)cc1. The van der Waals surface area contributed by atoms with E-state index >= 15 is 0 Å². The van der Waals surface area contributed by atoms with Crippen LogP contribution in [0.5, 0.6) is 11.5 Å². The van der Waals surface area contributed by atoms with Crippen molar-refractivity contribution >= 4 is 11.9 Å². The molecule has 0 amide bonds. The van der Waals surface area contributed by atoms with Gasteiger partial charge in [-0.25, -0.2) is 0 Å². The molecule has 2 aromatic carbocycles. The van der Waals surface area contributed by atoms with E-state index in [-0.39, 0.29) is 0 Å². The van der Waals surface area contributed by atoms with Crippen LogP contribution < -0.4 is 9.46 Å². The third-order valence-electron chi connectivity index (χ3n) is 2.30. The molecule has 0 aromatic heterocycles. The molecular weight excluding hydrogens is 230 g/mol. The van der Waals surface area contributed by atoms with Crippen LogP contribution in [0.3, 0.4) is 0 Å². The van der Waals surface area contributed by atoms with Crippen molar-refractivity contribution in [2.75, 3.05) is 7.05 Å². The second-order valence-corrected chi connectivity index (χ2v) is 4.78. The van der Waals surface area contributed by atoms with E-state index in [1.54, 1.807) is 11.9 Å². The largest absolute Gasteiger partial charge is 0.457 e. The van der Waals surface area contributed by atoms with E-state index in [1.807, 2.05) is 55.6 Å². The van der Waals surface area contributed by atoms with Crippen LogP contribution in [0.25, 0.3) is 0 Å². The number of aryl methyl sites for hydroxylation is 1. The molecule has 0 aliphatic rings. The van der Waals surface area contributed by atoms with E-state index in [4.69, 9.17) is 4.74 Å². The molecule has 0 spiro atoms. The highest BCUT2D eigenvalue weighted by molar-refractivity contribution is 7.97. The summed E-state index contributed by atoms with van der Waals surface area (Å²) in [7, 11) is 1.90. The van der Waals surface area contributed by atoms with Crippen molar-refractivity contribution in [1.82, 2.24) is 4.72 Å². The summed E-state index contributed by atoms with van der Waals surface area (Å²) in [5, 5.41) is 0. The maximum atomic E-state index is 5.74. The third-order valence-corrected chi connectivity index (χ3v) is 3.01. The highest BCUT2D eigenvalue weighted by Crippen LogP contribution is 2.24. The fourth-order valence-corrected chi connectivity index (χ4v) is 1.94. The van der Waals surface area contributed by atoms with E-state index in [2.05, 4.69) is 11.6 Å². The van der Waals surface area contributed by atoms with Gasteiger partial charge in [0.05, 0.1) is 0 Å². The van der Waals surface area contributed by atoms with Gasteiger partial charge >= 0.3 is 0 Å². The lowest BCUT2D eigenvalue weighted by Crippen LogP contribution is -1.90. The first kappa shape index (κ1) is 12.0. The fourth-order valence-electron chi connectivity index (χ4n) is 1.44. The van der Waals surface area contributed by atoms with Crippen LogP contribution >= 0.6 is 11.9 Å². The van der Waals surface area contributed by atoms with Gasteiger partial charge in [0.1, 0.15) is 11.5 Å². The van der Waals surface area contributed by atoms with Crippen molar-refractivity contribution in [2.45, 2.75) is 11.8 Å². The van der Waals surface area contributed by atoms with E-state index in [9.17, 15) is 0 Å². The predicted octanol–water partition coefficient (Wildman–Crippen LogP) is 4.01. The summed E-state index contributed by atoms with van der Waals surface area (Å²) in [4.78, 5) is 1.17. The van der Waals surface area contributed by atoms with Crippen LogP contribution in [-0.4, -0.2) is 7.05 Å². The Morgan fingerprint density at radius 2 is 1.41 bits per heavy atom. The molecule has 2 nitrogen and oxygen atoms in total. The first-order chi connectivity index (χ1) is 8.28. The molecular formula is C14H15NOS. The maximum absolute atomic E-state index is 5.74. The van der Waals surface area contributed by atoms with Gasteiger partial charge < -0.3 is 4.74 Å². The summed E-state index contributed by atoms with van der Waals surface area (Å²) in [6.07, 6.45) is 0. The van der Waals surface area contributed by atoms with Crippen molar-refractivity contribution in [1.29, 1.82) is 0 Å². The van der Waals surface area contributed by atoms with Crippen LogP contribution in [-0.2, 0) is 0 Å². The van der Waals surface area contributed by atoms with Crippen LogP contribution in [0.2, 0.25) is 0 Å². The summed E-state index contributed by atoms with van der Waals surface area (Å²) in [5.74, 6) is 1.72. The maximum Gasteiger partial charge on any atom is 0.127 e. The molecule has 0 heterocycles. The molecule has 2 rings (SSSR count). The monoisotopic (exact) mass is 245 g/mol. The number of hydrogen-bond acceptors (Lipinski definition) is 3. The molecule has 0 fully saturated rings. The quantitative estimate of drug-likeness (QED) is 0.822. The normalized spacial score (nSPS) is 10.2. The molecule has 0 aliphatic heterocycles. The molecule has 3 heteroatoms. The van der Waals surface area contributed by atoms with Crippen LogP contribution in [0.15, 0.2) is 53.4 Å². The summed E-state index contributed by atoms with van der Waals surface area (Å²) in [5.41, 5.74) is 1.23. The topological polar surface area (TPSA) is 21.3 Å². The van der Waals surface area contributed by atoms with Gasteiger partial charge in [-0.2, -0.15) is 0 Å². The Labute approximate surface area is 106 Å². The van der Waals surface area contributed by atoms with Crippen molar-refractivity contribution in [3.63, 3.8) is 0 Å². The second-order valence-electron chi connectivity index (χ2n) is 3.69. The number of hydrogen-bond donors (Lipinski definition) is 1. The first-order valence-corrected chi connectivity index (χ1v) is 6.28. The summed E-state index contributed by atoms with van der Waals surface area (Å²) in [6.45, 7) is 2.06. The molecule has 88 valence electrons. The zero-order chi connectivity index (χ0) is 12.1. The van der Waals surface area contributed by atoms with Crippen LogP contribution in [0, 0.1) is 6.92 Å². The lowest BCUT2D eigenvalue weighted by molar-refractivity contribution is 0.482. The molecule has 0 aliphatic carbocycles. The van der Waals surface area contributed by atoms with Gasteiger partial charge in [0.2, 0.25) is 0 Å². The predicted molar refractivity (Wildman–Crippen MR) is 72.6 cm³/mol. The molecule has 0 saturated heterocycles. The van der Waals surface area contributed by atoms with Crippen molar-refractivity contribution in [3.05, 3.63) is 54.1 Å². The average molecular weight is 245 g/mol. The standard InChI is InChI=1S/C14H15NOS/c1-11-3-5-12(6-4-11)16-13-7-9-14(10-8-13)17-15-2/h3-10,15H,1-2H3. The molecule has 2 aromatic rings. The molecule has 17 heavy (non-hydrogen) atoms. The molecule has 0 radical (unpaired) electrons. The van der Waals surface area contributed by atoms with Crippen molar-refractivity contribution < 1.29 is 4.74 Å². The van der Waals surface area contributed by atoms with Gasteiger partial charge in [-0.1, -0.05) is 17.7 Å². The minimum atomic E-state index is 0.856. The first-order valence-electron chi connectivity index (χ1n) is 5.46. The van der Waals surface area contributed by atoms with Crippen LogP contribution in [0.4, 0.5) is 0 Å². The zero-order valence-electron chi connectivity index (χ0n) is 9.94. The molecule has 0 saturated carbocycles. The Morgan fingerprint density at radius 3 is 1.94 bits per heavy atom. The summed E-state index contributed by atoms with van der Waals surface area (Å²) in [6, 6.07) is 16.0. The van der Waals surface area contributed by atoms with Crippen molar-refractivity contribution in [3.8, 4) is 11.5 Å². The molecule has 0 atom stereocenters. The van der Waals surface area contributed by atoms with E-state index in [0.717, 1.165) is 11.5 Å². The molecule has 1 N–H and O–H groups in total. The molecule has 0 bridgehead atoms. The van der Waals surface area contributed by atoms with Gasteiger partial charge in [-0.05, 0) is 62.3 Å². The highest BCUT2D eigenvalue weighted by Gasteiger charge is 1.97. The lowest BCUT2D eigenvalue weighted by atomic mass is 10.2. The Kier molecular flexibility index (Phi) is 4.07. The van der Waals surface area contributed by atoms with Gasteiger partial charge in [0, 0.05) is 4.90 Å². The second kappa shape index (κ2) is 5.75. The molecule has 0 unspecified atom stereocenters. The van der Waals surface area contributed by atoms with Crippen molar-refractivity contribution in [2.24, 2.45) is 0 Å².